The van der Waals surface area contributed by atoms with Crippen molar-refractivity contribution in [2.24, 2.45) is 5.92 Å². The Balaban J connectivity index is 2.43. The van der Waals surface area contributed by atoms with Crippen molar-refractivity contribution in [2.45, 2.75) is 32.1 Å². The SMILES string of the molecule is CCCC1C(=O)NC(=O)CC1c1cc(F)c(F)cc1F. The highest BCUT2D eigenvalue weighted by Gasteiger charge is 2.37. The van der Waals surface area contributed by atoms with Gasteiger partial charge in [-0.15, -0.1) is 0 Å². The molecule has 2 atom stereocenters. The molecule has 2 rings (SSSR count). The van der Waals surface area contributed by atoms with Crippen LogP contribution >= 0.6 is 0 Å². The number of hydrogen-bond donors (Lipinski definition) is 1. The van der Waals surface area contributed by atoms with Crippen LogP contribution in [0.1, 0.15) is 37.7 Å². The Kier molecular flexibility index (Phi) is 4.11. The molecule has 2 amide bonds. The van der Waals surface area contributed by atoms with Crippen LogP contribution in [0.25, 0.3) is 0 Å². The van der Waals surface area contributed by atoms with Gasteiger partial charge in [-0.1, -0.05) is 13.3 Å². The summed E-state index contributed by atoms with van der Waals surface area (Å²) in [6, 6.07) is 1.19. The molecular formula is C14H14F3NO2. The maximum Gasteiger partial charge on any atom is 0.230 e. The molecule has 1 fully saturated rings. The fourth-order valence-electron chi connectivity index (χ4n) is 2.60. The van der Waals surface area contributed by atoms with Crippen molar-refractivity contribution in [1.82, 2.24) is 5.32 Å². The lowest BCUT2D eigenvalue weighted by molar-refractivity contribution is -0.137. The number of piperidine rings is 1. The van der Waals surface area contributed by atoms with Crippen LogP contribution in [0.2, 0.25) is 0 Å². The Hall–Kier alpha value is -1.85. The van der Waals surface area contributed by atoms with Crippen LogP contribution in [-0.2, 0) is 9.59 Å². The predicted molar refractivity (Wildman–Crippen MR) is 65.2 cm³/mol. The lowest BCUT2D eigenvalue weighted by Crippen LogP contribution is -2.45. The lowest BCUT2D eigenvalue weighted by Gasteiger charge is -2.30. The average molecular weight is 285 g/mol. The van der Waals surface area contributed by atoms with Crippen molar-refractivity contribution >= 4 is 11.8 Å². The predicted octanol–water partition coefficient (Wildman–Crippen LogP) is 2.65. The Labute approximate surface area is 114 Å². The summed E-state index contributed by atoms with van der Waals surface area (Å²) < 4.78 is 40.1. The molecule has 20 heavy (non-hydrogen) atoms. The van der Waals surface area contributed by atoms with Gasteiger partial charge in [0, 0.05) is 24.3 Å². The van der Waals surface area contributed by atoms with Gasteiger partial charge in [0.15, 0.2) is 11.6 Å². The van der Waals surface area contributed by atoms with E-state index in [4.69, 9.17) is 0 Å². The highest BCUT2D eigenvalue weighted by Crippen LogP contribution is 2.36. The molecule has 1 aliphatic rings. The van der Waals surface area contributed by atoms with Crippen molar-refractivity contribution in [3.63, 3.8) is 0 Å². The number of amides is 2. The molecule has 1 aliphatic heterocycles. The molecule has 0 bridgehead atoms. The van der Waals surface area contributed by atoms with Crippen LogP contribution < -0.4 is 5.32 Å². The largest absolute Gasteiger partial charge is 0.296 e. The van der Waals surface area contributed by atoms with Crippen LogP contribution in [0.3, 0.4) is 0 Å². The molecule has 0 aromatic heterocycles. The van der Waals surface area contributed by atoms with Gasteiger partial charge in [-0.2, -0.15) is 0 Å². The summed E-state index contributed by atoms with van der Waals surface area (Å²) in [5.74, 6) is -5.80. The first-order valence-electron chi connectivity index (χ1n) is 6.42. The molecule has 3 nitrogen and oxygen atoms in total. The Morgan fingerprint density at radius 3 is 2.45 bits per heavy atom. The van der Waals surface area contributed by atoms with Crippen molar-refractivity contribution in [1.29, 1.82) is 0 Å². The van der Waals surface area contributed by atoms with E-state index in [1.54, 1.807) is 0 Å². The van der Waals surface area contributed by atoms with Crippen molar-refractivity contribution in [3.8, 4) is 0 Å². The van der Waals surface area contributed by atoms with Gasteiger partial charge in [-0.05, 0) is 18.1 Å². The third kappa shape index (κ3) is 2.69. The minimum atomic E-state index is -1.29. The molecule has 0 spiro atoms. The normalized spacial score (nSPS) is 22.8. The zero-order valence-electron chi connectivity index (χ0n) is 10.9. The summed E-state index contributed by atoms with van der Waals surface area (Å²) in [5, 5.41) is 2.19. The summed E-state index contributed by atoms with van der Waals surface area (Å²) in [4.78, 5) is 23.3. The minimum Gasteiger partial charge on any atom is -0.296 e. The van der Waals surface area contributed by atoms with Gasteiger partial charge >= 0.3 is 0 Å². The third-order valence-electron chi connectivity index (χ3n) is 3.53. The molecular weight excluding hydrogens is 271 g/mol. The maximum absolute atomic E-state index is 13.8. The van der Waals surface area contributed by atoms with Gasteiger partial charge in [-0.3, -0.25) is 14.9 Å². The van der Waals surface area contributed by atoms with Crippen molar-refractivity contribution in [3.05, 3.63) is 35.1 Å². The molecule has 0 radical (unpaired) electrons. The molecule has 0 saturated carbocycles. The third-order valence-corrected chi connectivity index (χ3v) is 3.53. The van der Waals surface area contributed by atoms with Gasteiger partial charge in [-0.25, -0.2) is 13.2 Å². The molecule has 108 valence electrons. The molecule has 0 aliphatic carbocycles. The molecule has 1 aromatic carbocycles. The van der Waals surface area contributed by atoms with Crippen LogP contribution in [0.5, 0.6) is 0 Å². The number of carbonyl (C=O) groups excluding carboxylic acids is 2. The van der Waals surface area contributed by atoms with E-state index in [1.807, 2.05) is 6.92 Å². The van der Waals surface area contributed by atoms with E-state index < -0.39 is 41.1 Å². The van der Waals surface area contributed by atoms with E-state index in [2.05, 4.69) is 5.32 Å². The van der Waals surface area contributed by atoms with Gasteiger partial charge in [0.05, 0.1) is 0 Å². The molecule has 6 heteroatoms. The van der Waals surface area contributed by atoms with E-state index in [1.165, 1.54) is 0 Å². The number of imide groups is 1. The number of benzene rings is 1. The first-order valence-corrected chi connectivity index (χ1v) is 6.42. The van der Waals surface area contributed by atoms with Crippen LogP contribution in [0, 0.1) is 23.4 Å². The Morgan fingerprint density at radius 1 is 1.15 bits per heavy atom. The van der Waals surface area contributed by atoms with Crippen LogP contribution in [0.4, 0.5) is 13.2 Å². The lowest BCUT2D eigenvalue weighted by atomic mass is 9.78. The van der Waals surface area contributed by atoms with E-state index in [9.17, 15) is 22.8 Å². The summed E-state index contributed by atoms with van der Waals surface area (Å²) >= 11 is 0. The molecule has 1 N–H and O–H groups in total. The number of hydrogen-bond acceptors (Lipinski definition) is 2. The number of nitrogens with one attached hydrogen (secondary N) is 1. The van der Waals surface area contributed by atoms with E-state index >= 15 is 0 Å². The average Bonchev–Trinajstić information content (AvgIpc) is 2.37. The number of halogens is 3. The smallest absolute Gasteiger partial charge is 0.230 e. The standard InChI is InChI=1S/C14H14F3NO2/c1-2-3-7-8(5-13(19)18-14(7)20)9-4-11(16)12(17)6-10(9)15/h4,6-8H,2-3,5H2,1H3,(H,18,19,20). The fraction of sp³-hybridized carbons (Fsp3) is 0.429. The Morgan fingerprint density at radius 2 is 1.80 bits per heavy atom. The molecule has 2 unspecified atom stereocenters. The van der Waals surface area contributed by atoms with Gasteiger partial charge in [0.1, 0.15) is 5.82 Å². The summed E-state index contributed by atoms with van der Waals surface area (Å²) in [5.41, 5.74) is -0.120. The highest BCUT2D eigenvalue weighted by atomic mass is 19.2. The summed E-state index contributed by atoms with van der Waals surface area (Å²) in [6.45, 7) is 1.85. The summed E-state index contributed by atoms with van der Waals surface area (Å²) in [6.07, 6.45) is 0.995. The number of rotatable bonds is 3. The molecule has 1 heterocycles. The maximum atomic E-state index is 13.8. The zero-order valence-corrected chi connectivity index (χ0v) is 10.9. The highest BCUT2D eigenvalue weighted by molar-refractivity contribution is 5.99. The van der Waals surface area contributed by atoms with Crippen molar-refractivity contribution < 1.29 is 22.8 Å². The topological polar surface area (TPSA) is 46.2 Å². The molecule has 1 aromatic rings. The zero-order chi connectivity index (χ0) is 14.9. The van der Waals surface area contributed by atoms with E-state index in [-0.39, 0.29) is 12.0 Å². The second-order valence-corrected chi connectivity index (χ2v) is 4.91. The number of carbonyl (C=O) groups is 2. The second-order valence-electron chi connectivity index (χ2n) is 4.91. The first-order chi connectivity index (χ1) is 9.43. The van der Waals surface area contributed by atoms with Crippen molar-refractivity contribution in [2.75, 3.05) is 0 Å². The van der Waals surface area contributed by atoms with Gasteiger partial charge < -0.3 is 0 Å². The summed E-state index contributed by atoms with van der Waals surface area (Å²) in [7, 11) is 0. The second kappa shape index (κ2) is 5.64. The fourth-order valence-corrected chi connectivity index (χ4v) is 2.60. The van der Waals surface area contributed by atoms with E-state index in [0.717, 1.165) is 6.07 Å². The molecule has 1 saturated heterocycles. The quantitative estimate of drug-likeness (QED) is 0.685. The van der Waals surface area contributed by atoms with Crippen LogP contribution in [0.15, 0.2) is 12.1 Å². The first kappa shape index (κ1) is 14.6. The monoisotopic (exact) mass is 285 g/mol. The minimum absolute atomic E-state index is 0.113. The van der Waals surface area contributed by atoms with Gasteiger partial charge in [0.2, 0.25) is 11.8 Å². The van der Waals surface area contributed by atoms with Crippen LogP contribution in [-0.4, -0.2) is 11.8 Å². The van der Waals surface area contributed by atoms with Gasteiger partial charge in [0.25, 0.3) is 0 Å². The Bertz CT molecular complexity index is 560. The van der Waals surface area contributed by atoms with E-state index in [0.29, 0.717) is 18.9 Å².